The molecule has 0 aliphatic carbocycles. The van der Waals surface area contributed by atoms with Gasteiger partial charge >= 0.3 is 0 Å². The number of carbonyl (C=O) groups is 3. The predicted octanol–water partition coefficient (Wildman–Crippen LogP) is 3.22. The molecule has 11 heteroatoms. The van der Waals surface area contributed by atoms with Crippen molar-refractivity contribution in [3.05, 3.63) is 83.4 Å². The summed E-state index contributed by atoms with van der Waals surface area (Å²) in [5.41, 5.74) is 0.769. The van der Waals surface area contributed by atoms with Gasteiger partial charge in [0.15, 0.2) is 11.5 Å². The maximum absolute atomic E-state index is 14.0. The Bertz CT molecular complexity index is 1500. The highest BCUT2D eigenvalue weighted by atomic mass is 16.7. The molecular formula is C32H33N3O8. The number of hydrogen-bond acceptors (Lipinski definition) is 8. The standard InChI is InChI=1S/C32H33N3O8/c1-39-24-8-4-22(5-9-24)30(37)34-15-13-32(14-16-34)35(31(38)23-6-10-25(40-2)11-7-23)26(19-43-32)29(36)33-18-21-3-12-27-28(17-21)42-20-41-27/h3-12,17,26H,13-16,18-20H2,1-2H3,(H,33,36). The average Bonchev–Trinajstić information content (AvgIpc) is 3.68. The number of carbonyl (C=O) groups excluding carboxylic acids is 3. The van der Waals surface area contributed by atoms with Crippen LogP contribution in [0.5, 0.6) is 23.0 Å². The smallest absolute Gasteiger partial charge is 0.256 e. The molecule has 0 aromatic heterocycles. The normalized spacial score (nSPS) is 18.4. The van der Waals surface area contributed by atoms with Crippen molar-refractivity contribution in [2.45, 2.75) is 31.2 Å². The highest BCUT2D eigenvalue weighted by Gasteiger charge is 2.54. The van der Waals surface area contributed by atoms with Crippen LogP contribution in [0.2, 0.25) is 0 Å². The van der Waals surface area contributed by atoms with E-state index < -0.39 is 11.8 Å². The number of ether oxygens (including phenoxy) is 5. The topological polar surface area (TPSA) is 116 Å². The second-order valence-corrected chi connectivity index (χ2v) is 10.6. The van der Waals surface area contributed by atoms with Gasteiger partial charge in [0, 0.05) is 43.6 Å². The molecule has 1 spiro atoms. The fourth-order valence-electron chi connectivity index (χ4n) is 5.77. The molecule has 2 fully saturated rings. The van der Waals surface area contributed by atoms with Gasteiger partial charge in [-0.2, -0.15) is 0 Å². The first-order valence-corrected chi connectivity index (χ1v) is 14.1. The van der Waals surface area contributed by atoms with Gasteiger partial charge in [-0.15, -0.1) is 0 Å². The van der Waals surface area contributed by atoms with Crippen molar-refractivity contribution in [1.29, 1.82) is 0 Å². The highest BCUT2D eigenvalue weighted by Crippen LogP contribution is 2.39. The molecule has 1 unspecified atom stereocenters. The lowest BCUT2D eigenvalue weighted by atomic mass is 9.96. The Morgan fingerprint density at radius 3 is 2.07 bits per heavy atom. The van der Waals surface area contributed by atoms with Crippen molar-refractivity contribution in [3.63, 3.8) is 0 Å². The van der Waals surface area contributed by atoms with E-state index in [2.05, 4.69) is 5.32 Å². The zero-order valence-electron chi connectivity index (χ0n) is 24.0. The molecule has 3 aliphatic rings. The van der Waals surface area contributed by atoms with E-state index in [1.54, 1.807) is 78.6 Å². The van der Waals surface area contributed by atoms with Gasteiger partial charge < -0.3 is 33.9 Å². The van der Waals surface area contributed by atoms with Crippen molar-refractivity contribution >= 4 is 17.7 Å². The van der Waals surface area contributed by atoms with Crippen molar-refractivity contribution in [1.82, 2.24) is 15.1 Å². The molecule has 2 saturated heterocycles. The van der Waals surface area contributed by atoms with Crippen molar-refractivity contribution in [2.75, 3.05) is 40.7 Å². The lowest BCUT2D eigenvalue weighted by molar-refractivity contribution is -0.128. The van der Waals surface area contributed by atoms with E-state index in [9.17, 15) is 14.4 Å². The van der Waals surface area contributed by atoms with Gasteiger partial charge in [0.1, 0.15) is 23.3 Å². The molecule has 224 valence electrons. The summed E-state index contributed by atoms with van der Waals surface area (Å²) in [6, 6.07) is 18.4. The van der Waals surface area contributed by atoms with Gasteiger partial charge in [0.25, 0.3) is 11.8 Å². The number of nitrogens with one attached hydrogen (secondary N) is 1. The van der Waals surface area contributed by atoms with E-state index in [1.165, 1.54) is 0 Å². The van der Waals surface area contributed by atoms with Crippen molar-refractivity contribution < 1.29 is 38.1 Å². The summed E-state index contributed by atoms with van der Waals surface area (Å²) in [4.78, 5) is 44.2. The molecular weight excluding hydrogens is 554 g/mol. The van der Waals surface area contributed by atoms with Crippen LogP contribution in [0.25, 0.3) is 0 Å². The minimum absolute atomic E-state index is 0.0429. The van der Waals surface area contributed by atoms with Crippen LogP contribution in [-0.2, 0) is 16.1 Å². The highest BCUT2D eigenvalue weighted by molar-refractivity contribution is 5.99. The third kappa shape index (κ3) is 5.55. The fraction of sp³-hybridized carbons (Fsp3) is 0.344. The summed E-state index contributed by atoms with van der Waals surface area (Å²) in [5, 5.41) is 2.96. The summed E-state index contributed by atoms with van der Waals surface area (Å²) < 4.78 is 27.6. The second-order valence-electron chi connectivity index (χ2n) is 10.6. The van der Waals surface area contributed by atoms with Crippen LogP contribution in [0.4, 0.5) is 0 Å². The Hall–Kier alpha value is -4.77. The molecule has 3 amide bonds. The molecule has 11 nitrogen and oxygen atoms in total. The Balaban J connectivity index is 1.20. The minimum Gasteiger partial charge on any atom is -0.497 e. The quantitative estimate of drug-likeness (QED) is 0.448. The first-order valence-electron chi connectivity index (χ1n) is 14.1. The molecule has 3 aromatic rings. The number of methoxy groups -OCH3 is 2. The maximum Gasteiger partial charge on any atom is 0.256 e. The Morgan fingerprint density at radius 1 is 0.837 bits per heavy atom. The molecule has 3 heterocycles. The van der Waals surface area contributed by atoms with Gasteiger partial charge in [-0.3, -0.25) is 19.3 Å². The fourth-order valence-corrected chi connectivity index (χ4v) is 5.77. The van der Waals surface area contributed by atoms with Crippen LogP contribution in [0, 0.1) is 0 Å². The SMILES string of the molecule is COc1ccc(C(=O)N2CCC3(CC2)OCC(C(=O)NCc2ccc4c(c2)OCO4)N3C(=O)c2ccc(OC)cc2)cc1. The summed E-state index contributed by atoms with van der Waals surface area (Å²) in [7, 11) is 3.13. The number of benzene rings is 3. The van der Waals surface area contributed by atoms with E-state index in [0.29, 0.717) is 60.1 Å². The zero-order chi connectivity index (χ0) is 30.0. The number of fused-ring (bicyclic) bond motifs is 1. The molecule has 1 N–H and O–H groups in total. The van der Waals surface area contributed by atoms with Crippen LogP contribution in [0.15, 0.2) is 66.7 Å². The molecule has 0 saturated carbocycles. The monoisotopic (exact) mass is 587 g/mol. The lowest BCUT2D eigenvalue weighted by Crippen LogP contribution is -2.59. The third-order valence-corrected chi connectivity index (χ3v) is 8.19. The maximum atomic E-state index is 14.0. The predicted molar refractivity (Wildman–Crippen MR) is 154 cm³/mol. The molecule has 0 bridgehead atoms. The summed E-state index contributed by atoms with van der Waals surface area (Å²) in [6.45, 7) is 1.18. The summed E-state index contributed by atoms with van der Waals surface area (Å²) in [5.74, 6) is 1.82. The van der Waals surface area contributed by atoms with E-state index in [0.717, 1.165) is 5.56 Å². The lowest BCUT2D eigenvalue weighted by Gasteiger charge is -2.44. The number of hydrogen-bond donors (Lipinski definition) is 1. The average molecular weight is 588 g/mol. The Labute approximate surface area is 249 Å². The van der Waals surface area contributed by atoms with Gasteiger partial charge in [0.2, 0.25) is 12.7 Å². The third-order valence-electron chi connectivity index (χ3n) is 8.19. The largest absolute Gasteiger partial charge is 0.497 e. The Morgan fingerprint density at radius 2 is 1.44 bits per heavy atom. The van der Waals surface area contributed by atoms with Crippen LogP contribution in [-0.4, -0.2) is 80.0 Å². The number of likely N-dealkylation sites (tertiary alicyclic amines) is 1. The second kappa shape index (κ2) is 11.8. The van der Waals surface area contributed by atoms with Gasteiger partial charge in [-0.1, -0.05) is 6.07 Å². The van der Waals surface area contributed by atoms with E-state index in [-0.39, 0.29) is 37.7 Å². The zero-order valence-corrected chi connectivity index (χ0v) is 24.0. The number of amides is 3. The minimum atomic E-state index is -1.03. The number of rotatable bonds is 7. The molecule has 6 rings (SSSR count). The van der Waals surface area contributed by atoms with Crippen LogP contribution in [0.1, 0.15) is 39.1 Å². The van der Waals surface area contributed by atoms with E-state index >= 15 is 0 Å². The molecule has 0 radical (unpaired) electrons. The van der Waals surface area contributed by atoms with Crippen LogP contribution >= 0.6 is 0 Å². The van der Waals surface area contributed by atoms with Crippen LogP contribution < -0.4 is 24.3 Å². The first kappa shape index (κ1) is 28.4. The molecule has 3 aliphatic heterocycles. The Kier molecular flexibility index (Phi) is 7.81. The summed E-state index contributed by atoms with van der Waals surface area (Å²) in [6.07, 6.45) is 0.728. The molecule has 43 heavy (non-hydrogen) atoms. The van der Waals surface area contributed by atoms with Crippen molar-refractivity contribution in [2.24, 2.45) is 0 Å². The summed E-state index contributed by atoms with van der Waals surface area (Å²) >= 11 is 0. The van der Waals surface area contributed by atoms with E-state index in [1.807, 2.05) is 12.1 Å². The van der Waals surface area contributed by atoms with Gasteiger partial charge in [-0.25, -0.2) is 0 Å². The molecule has 1 atom stereocenters. The van der Waals surface area contributed by atoms with E-state index in [4.69, 9.17) is 23.7 Å². The molecule has 3 aromatic carbocycles. The number of nitrogens with zero attached hydrogens (tertiary/aromatic N) is 2. The van der Waals surface area contributed by atoms with Gasteiger partial charge in [0.05, 0.1) is 20.8 Å². The van der Waals surface area contributed by atoms with Crippen LogP contribution in [0.3, 0.4) is 0 Å². The van der Waals surface area contributed by atoms with Gasteiger partial charge in [-0.05, 0) is 66.2 Å². The van der Waals surface area contributed by atoms with Crippen molar-refractivity contribution in [3.8, 4) is 23.0 Å². The number of piperidine rings is 1. The first-order chi connectivity index (χ1) is 20.9.